The lowest BCUT2D eigenvalue weighted by Crippen LogP contribution is -2.49. The van der Waals surface area contributed by atoms with Crippen molar-refractivity contribution in [2.45, 2.75) is 127 Å². The van der Waals surface area contributed by atoms with Crippen molar-refractivity contribution in [1.82, 2.24) is 28.1 Å². The summed E-state index contributed by atoms with van der Waals surface area (Å²) < 4.78 is 143. The number of halogens is 6. The summed E-state index contributed by atoms with van der Waals surface area (Å²) in [4.78, 5) is 103. The zero-order valence-electron chi connectivity index (χ0n) is 79.2. The second-order valence-electron chi connectivity index (χ2n) is 33.5. The quantitative estimate of drug-likeness (QED) is 0.00946. The van der Waals surface area contributed by atoms with Crippen LogP contribution in [-0.2, 0) is 64.1 Å². The molecule has 744 valence electrons. The molecule has 0 fully saturated rings. The molecule has 6 atom stereocenters. The van der Waals surface area contributed by atoms with Crippen LogP contribution in [-0.4, -0.2) is 211 Å². The van der Waals surface area contributed by atoms with E-state index < -0.39 is 94.9 Å². The predicted octanol–water partition coefficient (Wildman–Crippen LogP) is 25.0. The van der Waals surface area contributed by atoms with Crippen molar-refractivity contribution in [3.63, 3.8) is 0 Å². The highest BCUT2D eigenvalue weighted by Crippen LogP contribution is 2.49. The van der Waals surface area contributed by atoms with Crippen LogP contribution in [0.2, 0.25) is 0 Å². The molecule has 2 aliphatic heterocycles. The predicted molar refractivity (Wildman–Crippen MR) is 552 cm³/mol. The number of aromatic nitrogens is 4. The molecule has 38 heteroatoms. The number of hydrogen-bond acceptors (Lipinski definition) is 26. The first-order chi connectivity index (χ1) is 66.9. The Morgan fingerprint density at radius 1 is 0.443 bits per heavy atom. The summed E-state index contributed by atoms with van der Waals surface area (Å²) >= 11 is 0. The maximum absolute atomic E-state index is 15.9. The van der Waals surface area contributed by atoms with Crippen LogP contribution in [0.4, 0.5) is 45.5 Å². The minimum Gasteiger partial charge on any atom is -0.489 e. The number of nitrogens with zero attached hydrogens (tertiary/aromatic N) is 6. The van der Waals surface area contributed by atoms with Gasteiger partial charge in [-0.15, -0.1) is 0 Å². The zero-order chi connectivity index (χ0) is 101. The number of para-hydroxylation sites is 2. The van der Waals surface area contributed by atoms with Crippen molar-refractivity contribution in [2.75, 3.05) is 90.3 Å². The number of carbonyl (C=O) groups is 8. The largest absolute Gasteiger partial charge is 0.489 e. The second kappa shape index (κ2) is 51.1. The number of carbonyl (C=O) groups excluding carboxylic acids is 6. The van der Waals surface area contributed by atoms with E-state index in [4.69, 9.17) is 48.1 Å². The SMILES string of the molecule is COC(=O)c1cc2ccc(OCc3ccccc3)cc2n1C(=O)OCCSSC.COC(=O)c1cc2ccc(OCc3ccccc3)cc2n1C(=O)OC[C@@H](C)SSC.CSSCCOC(=O)n1c2c(c3ccccc31)C[C@@H](C)N(CC(C)(C)F)[C@@H]2c1c(F)cc(/C=C/C(=O)O)cc1F.CSS[C@H](C)COC(=O)n1c2c(c3ccccc31)C[C@@H](C)N(CC(C)(C)F)[C@@H]2c1c(F)cc(/C=C/C(=O)O)cc1F. The number of benzene rings is 8. The molecule has 0 spiro atoms. The molecule has 4 aromatic heterocycles. The van der Waals surface area contributed by atoms with E-state index in [2.05, 4.69) is 0 Å². The van der Waals surface area contributed by atoms with Crippen LogP contribution in [0.25, 0.3) is 55.8 Å². The Balaban J connectivity index is 0.000000181. The minimum atomic E-state index is -1.72. The average Bonchev–Trinajstić information content (AvgIpc) is 1.56. The number of hydrogen-bond donors (Lipinski definition) is 2. The van der Waals surface area contributed by atoms with Crippen LogP contribution in [0, 0.1) is 23.3 Å². The standard InChI is InChI=1S/C30H33F3N2O4S2.C29H31F3N2O4S2.C22H23NO5S2.C21H21NO5S2/c1-17-12-21-20-8-6-7-9-24(20)35(29(38)39-15-18(2)41-40-5)27(21)28(34(17)16-30(3,4)33)26-22(31)13-19(14-23(26)32)10-11-25(36)37;1-17-13-20-19-7-5-6-8-23(19)34(28(37)38-11-12-40-39-4)26(20)27(33(17)16-29(2,3)32)25-21(30)14-18(15-22(25)31)9-10-24(35)36;1-15(30-29-3)13-28-22(25)23-19-12-18(27-14-16-7-5-4-6-8-16)10-9-17(19)11-20(23)21(24)26-2;1-25-20(23)19-12-16-8-9-17(27-14-15-6-4-3-5-7-15)13-18(16)22(19)21(24)26-10-11-29-28-2/h6-11,13-14,17-18,28H,12,15-16H2,1-5H3,(H,36,37);5-10,14-15,17,27H,11-13,16H2,1-4H3,(H,35,36);4-12,15H,13-14H2,1-3H3;3-9,12-13H,10-11,14H2,1-2H3/b11-10+;10-9+;;/t17-,18-,28-;17-,27-;15-;/m111./s1. The fourth-order valence-electron chi connectivity index (χ4n) is 16.4. The Kier molecular flexibility index (Phi) is 40.0. The van der Waals surface area contributed by atoms with Gasteiger partial charge in [0.1, 0.15) is 97.1 Å². The molecule has 0 amide bonds. The van der Waals surface area contributed by atoms with Gasteiger partial charge in [0.25, 0.3) is 0 Å². The number of methoxy groups -OCH3 is 2. The van der Waals surface area contributed by atoms with E-state index in [1.807, 2.05) is 138 Å². The van der Waals surface area contributed by atoms with Crippen molar-refractivity contribution >= 4 is 190 Å². The average molecular weight is 2080 g/mol. The molecule has 14 rings (SSSR count). The number of ether oxygens (including phenoxy) is 8. The lowest BCUT2D eigenvalue weighted by Gasteiger charge is -2.43. The molecule has 8 aromatic carbocycles. The molecule has 6 heterocycles. The summed E-state index contributed by atoms with van der Waals surface area (Å²) in [7, 11) is 15.2. The number of esters is 2. The fourth-order valence-corrected chi connectivity index (χ4v) is 21.6. The first-order valence-electron chi connectivity index (χ1n) is 44.0. The van der Waals surface area contributed by atoms with Crippen LogP contribution in [0.1, 0.15) is 144 Å². The lowest BCUT2D eigenvalue weighted by atomic mass is 9.86. The van der Waals surface area contributed by atoms with E-state index in [1.165, 1.54) is 71.0 Å². The molecule has 0 saturated heterocycles. The maximum atomic E-state index is 15.9. The van der Waals surface area contributed by atoms with Gasteiger partial charge in [-0.2, -0.15) is 0 Å². The van der Waals surface area contributed by atoms with Crippen molar-refractivity contribution < 1.29 is 113 Å². The molecular weight excluding hydrogens is 1970 g/mol. The molecule has 2 N–H and O–H groups in total. The van der Waals surface area contributed by atoms with E-state index in [0.29, 0.717) is 93.3 Å². The molecule has 140 heavy (non-hydrogen) atoms. The number of carboxylic acid groups (broad SMARTS) is 2. The summed E-state index contributed by atoms with van der Waals surface area (Å²) in [6.45, 7) is 14.4. The number of aliphatic carboxylic acids is 2. The summed E-state index contributed by atoms with van der Waals surface area (Å²) in [5.74, 6) is -5.08. The highest BCUT2D eigenvalue weighted by Gasteiger charge is 2.46. The van der Waals surface area contributed by atoms with Crippen LogP contribution in [0.3, 0.4) is 0 Å². The van der Waals surface area contributed by atoms with Crippen molar-refractivity contribution in [2.24, 2.45) is 0 Å². The topological polar surface area (TPSA) is 277 Å². The van der Waals surface area contributed by atoms with Gasteiger partial charge in [0.15, 0.2) is 0 Å². The third-order valence-corrected chi connectivity index (χ3v) is 30.0. The number of alkyl halides is 2. The molecule has 0 bridgehead atoms. The highest BCUT2D eigenvalue weighted by molar-refractivity contribution is 8.77. The third kappa shape index (κ3) is 28.3. The van der Waals surface area contributed by atoms with Gasteiger partial charge >= 0.3 is 48.3 Å². The smallest absolute Gasteiger partial charge is 0.419 e. The normalized spacial score (nSPS) is 15.3. The Labute approximate surface area is 839 Å². The first kappa shape index (κ1) is 109. The lowest BCUT2D eigenvalue weighted by molar-refractivity contribution is -0.132. The van der Waals surface area contributed by atoms with Gasteiger partial charge < -0.3 is 48.1 Å². The Morgan fingerprint density at radius 2 is 0.786 bits per heavy atom. The van der Waals surface area contributed by atoms with Gasteiger partial charge in [-0.1, -0.05) is 183 Å². The number of rotatable bonds is 34. The Bertz CT molecular complexity index is 6420. The number of fused-ring (bicyclic) bond motifs is 8. The molecule has 0 saturated carbocycles. The molecule has 12 aromatic rings. The monoisotopic (exact) mass is 2070 g/mol. The van der Waals surface area contributed by atoms with Crippen LogP contribution >= 0.6 is 86.4 Å². The van der Waals surface area contributed by atoms with Crippen LogP contribution in [0.15, 0.2) is 194 Å². The molecule has 0 aliphatic carbocycles. The van der Waals surface area contributed by atoms with Gasteiger partial charge in [-0.05, 0) is 212 Å². The van der Waals surface area contributed by atoms with Gasteiger partial charge in [-0.25, -0.2) is 83.0 Å². The first-order valence-corrected chi connectivity index (χ1v) is 54.7. The summed E-state index contributed by atoms with van der Waals surface area (Å²) in [5.41, 5.74) is 2.47. The highest BCUT2D eigenvalue weighted by atomic mass is 33.1. The fraction of sp³-hybridized carbons (Fsp3) is 0.333. The van der Waals surface area contributed by atoms with Crippen LogP contribution < -0.4 is 9.47 Å². The van der Waals surface area contributed by atoms with Crippen molar-refractivity contribution in [1.29, 1.82) is 0 Å². The van der Waals surface area contributed by atoms with Gasteiger partial charge in [-0.3, -0.25) is 9.80 Å². The van der Waals surface area contributed by atoms with E-state index >= 15 is 26.3 Å². The van der Waals surface area contributed by atoms with E-state index in [-0.39, 0.29) is 95.7 Å². The second-order valence-corrected chi connectivity index (χ2v) is 44.7. The number of carboxylic acids is 2. The van der Waals surface area contributed by atoms with Gasteiger partial charge in [0, 0.05) is 104 Å². The van der Waals surface area contributed by atoms with E-state index in [0.717, 1.165) is 81.6 Å². The summed E-state index contributed by atoms with van der Waals surface area (Å²) in [6, 6.07) is 49.1. The summed E-state index contributed by atoms with van der Waals surface area (Å²) in [6.07, 6.45) is 9.77. The zero-order valence-corrected chi connectivity index (χ0v) is 85.8. The Morgan fingerprint density at radius 3 is 1.13 bits per heavy atom. The van der Waals surface area contributed by atoms with Gasteiger partial charge in [0.2, 0.25) is 0 Å². The van der Waals surface area contributed by atoms with Gasteiger partial charge in [0.05, 0.1) is 59.8 Å². The molecule has 0 radical (unpaired) electrons. The van der Waals surface area contributed by atoms with Crippen molar-refractivity contribution in [3.8, 4) is 11.5 Å². The molecule has 24 nitrogen and oxygen atoms in total. The molecular formula is C102H108F6N6O18S8. The van der Waals surface area contributed by atoms with Crippen molar-refractivity contribution in [3.05, 3.63) is 285 Å². The van der Waals surface area contributed by atoms with Crippen LogP contribution in [0.5, 0.6) is 11.5 Å². The van der Waals surface area contributed by atoms with E-state index in [9.17, 15) is 38.4 Å². The summed E-state index contributed by atoms with van der Waals surface area (Å²) in [5, 5.41) is 20.9. The minimum absolute atomic E-state index is 0.00699. The Hall–Kier alpha value is -10.9. The van der Waals surface area contributed by atoms with E-state index in [1.54, 1.807) is 158 Å². The maximum Gasteiger partial charge on any atom is 0.419 e. The third-order valence-electron chi connectivity index (χ3n) is 22.0. The molecule has 0 unspecified atom stereocenters. The molecule has 2 aliphatic rings.